The summed E-state index contributed by atoms with van der Waals surface area (Å²) in [5, 5.41) is 8.04. The van der Waals surface area contributed by atoms with Crippen molar-refractivity contribution in [2.24, 2.45) is 11.8 Å². The Kier molecular flexibility index (Phi) is 7.54. The van der Waals surface area contributed by atoms with Crippen LogP contribution in [0.3, 0.4) is 0 Å². The van der Waals surface area contributed by atoms with E-state index in [0.717, 1.165) is 18.4 Å². The molecule has 0 saturated heterocycles. The highest BCUT2D eigenvalue weighted by Gasteiger charge is 2.10. The number of hydrogen-bond donors (Lipinski definition) is 1. The van der Waals surface area contributed by atoms with E-state index in [1.165, 1.54) is 37.8 Å². The van der Waals surface area contributed by atoms with Crippen LogP contribution in [0.5, 0.6) is 0 Å². The molecule has 0 amide bonds. The van der Waals surface area contributed by atoms with Gasteiger partial charge in [0, 0.05) is 0 Å². The highest BCUT2D eigenvalue weighted by molar-refractivity contribution is 7.07. The lowest BCUT2D eigenvalue weighted by molar-refractivity contribution is 0.367. The van der Waals surface area contributed by atoms with Crippen molar-refractivity contribution >= 4 is 11.3 Å². The maximum absolute atomic E-state index is 3.57. The molecule has 1 heterocycles. The molecule has 1 nitrogen and oxygen atoms in total. The molecular weight excluding hydrogens is 226 g/mol. The first kappa shape index (κ1) is 14.7. The van der Waals surface area contributed by atoms with Crippen molar-refractivity contribution in [2.45, 2.75) is 46.5 Å². The van der Waals surface area contributed by atoms with Crippen LogP contribution in [0, 0.1) is 11.8 Å². The van der Waals surface area contributed by atoms with E-state index < -0.39 is 0 Å². The van der Waals surface area contributed by atoms with Gasteiger partial charge in [-0.15, -0.1) is 0 Å². The highest BCUT2D eigenvalue weighted by Crippen LogP contribution is 2.18. The Bertz CT molecular complexity index is 266. The van der Waals surface area contributed by atoms with E-state index in [-0.39, 0.29) is 0 Å². The van der Waals surface area contributed by atoms with Gasteiger partial charge < -0.3 is 5.32 Å². The highest BCUT2D eigenvalue weighted by atomic mass is 32.1. The topological polar surface area (TPSA) is 12.0 Å². The van der Waals surface area contributed by atoms with Crippen molar-refractivity contribution in [1.82, 2.24) is 5.32 Å². The molecule has 1 aromatic rings. The number of thiophene rings is 1. The summed E-state index contributed by atoms with van der Waals surface area (Å²) in [6.45, 7) is 9.24. The molecule has 1 N–H and O–H groups in total. The third-order valence-corrected chi connectivity index (χ3v) is 3.82. The second-order valence-corrected chi connectivity index (χ2v) is 6.15. The quantitative estimate of drug-likeness (QED) is 0.645. The van der Waals surface area contributed by atoms with Gasteiger partial charge in [-0.05, 0) is 73.0 Å². The molecule has 0 aromatic carbocycles. The van der Waals surface area contributed by atoms with E-state index in [2.05, 4.69) is 42.9 Å². The minimum absolute atomic E-state index is 0.811. The first-order valence-electron chi connectivity index (χ1n) is 6.94. The number of nitrogens with one attached hydrogen (secondary N) is 1. The predicted molar refractivity (Wildman–Crippen MR) is 78.7 cm³/mol. The zero-order chi connectivity index (χ0) is 12.5. The van der Waals surface area contributed by atoms with Gasteiger partial charge in [0.05, 0.1) is 0 Å². The predicted octanol–water partition coefficient (Wildman–Crippen LogP) is 4.34. The van der Waals surface area contributed by atoms with E-state index in [4.69, 9.17) is 0 Å². The molecule has 98 valence electrons. The van der Waals surface area contributed by atoms with Crippen molar-refractivity contribution in [2.75, 3.05) is 13.1 Å². The summed E-state index contributed by atoms with van der Waals surface area (Å²) >= 11 is 1.81. The summed E-state index contributed by atoms with van der Waals surface area (Å²) in [6, 6.07) is 2.26. The summed E-state index contributed by atoms with van der Waals surface area (Å²) in [5.41, 5.74) is 1.51. The minimum Gasteiger partial charge on any atom is -0.316 e. The molecule has 17 heavy (non-hydrogen) atoms. The molecule has 0 aliphatic rings. The lowest BCUT2D eigenvalue weighted by atomic mass is 9.91. The van der Waals surface area contributed by atoms with E-state index in [1.54, 1.807) is 0 Å². The maximum atomic E-state index is 3.57. The second-order valence-electron chi connectivity index (χ2n) is 5.37. The zero-order valence-electron chi connectivity index (χ0n) is 11.5. The molecule has 0 spiro atoms. The Balaban J connectivity index is 2.29. The standard InChI is InChI=1S/C15H27NS/c1-4-8-16-11-15(10-13(2)3)6-5-14-7-9-17-12-14/h7,9,12-13,15-16H,4-6,8,10-11H2,1-3H3. The van der Waals surface area contributed by atoms with Gasteiger partial charge in [-0.25, -0.2) is 0 Å². The maximum Gasteiger partial charge on any atom is -0.00203 e. The van der Waals surface area contributed by atoms with Crippen LogP contribution >= 0.6 is 11.3 Å². The van der Waals surface area contributed by atoms with Crippen LogP contribution in [0.15, 0.2) is 16.8 Å². The SMILES string of the molecule is CCCNCC(CCc1ccsc1)CC(C)C. The fourth-order valence-electron chi connectivity index (χ4n) is 2.26. The van der Waals surface area contributed by atoms with Gasteiger partial charge in [-0.1, -0.05) is 20.8 Å². The molecular formula is C15H27NS. The zero-order valence-corrected chi connectivity index (χ0v) is 12.4. The number of hydrogen-bond acceptors (Lipinski definition) is 2. The summed E-state index contributed by atoms with van der Waals surface area (Å²) < 4.78 is 0. The Hall–Kier alpha value is -0.340. The number of rotatable bonds is 9. The molecule has 2 heteroatoms. The number of aryl methyl sites for hydroxylation is 1. The normalized spacial score (nSPS) is 13.2. The van der Waals surface area contributed by atoms with Crippen molar-refractivity contribution < 1.29 is 0 Å². The Morgan fingerprint density at radius 1 is 1.35 bits per heavy atom. The third kappa shape index (κ3) is 6.85. The van der Waals surface area contributed by atoms with Crippen molar-refractivity contribution in [1.29, 1.82) is 0 Å². The molecule has 0 aliphatic heterocycles. The van der Waals surface area contributed by atoms with E-state index in [9.17, 15) is 0 Å². The summed E-state index contributed by atoms with van der Waals surface area (Å²) in [4.78, 5) is 0. The summed E-state index contributed by atoms with van der Waals surface area (Å²) in [6.07, 6.45) is 5.15. The molecule has 0 radical (unpaired) electrons. The molecule has 0 fully saturated rings. The van der Waals surface area contributed by atoms with Crippen LogP contribution in [0.4, 0.5) is 0 Å². The van der Waals surface area contributed by atoms with E-state index >= 15 is 0 Å². The molecule has 0 aliphatic carbocycles. The molecule has 1 atom stereocenters. The monoisotopic (exact) mass is 253 g/mol. The first-order chi connectivity index (χ1) is 8.22. The van der Waals surface area contributed by atoms with Gasteiger partial charge in [-0.3, -0.25) is 0 Å². The van der Waals surface area contributed by atoms with Gasteiger partial charge >= 0.3 is 0 Å². The summed E-state index contributed by atoms with van der Waals surface area (Å²) in [7, 11) is 0. The van der Waals surface area contributed by atoms with Crippen LogP contribution in [0.1, 0.15) is 45.6 Å². The van der Waals surface area contributed by atoms with Gasteiger partial charge in [0.1, 0.15) is 0 Å². The van der Waals surface area contributed by atoms with Crippen LogP contribution in [-0.2, 0) is 6.42 Å². The van der Waals surface area contributed by atoms with Crippen LogP contribution in [-0.4, -0.2) is 13.1 Å². The van der Waals surface area contributed by atoms with Gasteiger partial charge in [0.15, 0.2) is 0 Å². The lowest BCUT2D eigenvalue weighted by Gasteiger charge is -2.19. The van der Waals surface area contributed by atoms with Gasteiger partial charge in [-0.2, -0.15) is 11.3 Å². The molecule has 0 saturated carbocycles. The van der Waals surface area contributed by atoms with Crippen LogP contribution in [0.25, 0.3) is 0 Å². The molecule has 0 bridgehead atoms. The van der Waals surface area contributed by atoms with Crippen molar-refractivity contribution in [3.05, 3.63) is 22.4 Å². The molecule has 1 unspecified atom stereocenters. The van der Waals surface area contributed by atoms with Gasteiger partial charge in [0.25, 0.3) is 0 Å². The average molecular weight is 253 g/mol. The Morgan fingerprint density at radius 2 is 2.18 bits per heavy atom. The summed E-state index contributed by atoms with van der Waals surface area (Å²) in [5.74, 6) is 1.65. The largest absolute Gasteiger partial charge is 0.316 e. The molecule has 1 aromatic heterocycles. The fourth-order valence-corrected chi connectivity index (χ4v) is 2.96. The van der Waals surface area contributed by atoms with Crippen LogP contribution in [0.2, 0.25) is 0 Å². The Morgan fingerprint density at radius 3 is 2.76 bits per heavy atom. The van der Waals surface area contributed by atoms with E-state index in [1.807, 2.05) is 11.3 Å². The smallest absolute Gasteiger partial charge is 0.00203 e. The fraction of sp³-hybridized carbons (Fsp3) is 0.733. The Labute approximate surface area is 111 Å². The molecule has 1 rings (SSSR count). The third-order valence-electron chi connectivity index (χ3n) is 3.09. The van der Waals surface area contributed by atoms with E-state index in [0.29, 0.717) is 0 Å². The van der Waals surface area contributed by atoms with Crippen LogP contribution < -0.4 is 5.32 Å². The first-order valence-corrected chi connectivity index (χ1v) is 7.88. The van der Waals surface area contributed by atoms with Crippen molar-refractivity contribution in [3.63, 3.8) is 0 Å². The lowest BCUT2D eigenvalue weighted by Crippen LogP contribution is -2.25. The average Bonchev–Trinajstić information content (AvgIpc) is 2.78. The van der Waals surface area contributed by atoms with Gasteiger partial charge in [0.2, 0.25) is 0 Å². The van der Waals surface area contributed by atoms with Crippen molar-refractivity contribution in [3.8, 4) is 0 Å². The second kappa shape index (κ2) is 8.71. The minimum atomic E-state index is 0.811.